The standard InChI is InChI=1S/C9H8N2O.C9H8S/c1-2-7-9(12)10-8-5-3-4-6-11(7)8;1-7-3-2-4-9-8(7)5-6-10-9/h2-6H,1H3;2-6H,1H3/b7-2-;. The van der Waals surface area contributed by atoms with E-state index in [2.05, 4.69) is 41.6 Å². The summed E-state index contributed by atoms with van der Waals surface area (Å²) >= 11 is 1.80. The smallest absolute Gasteiger partial charge is 0.295 e. The van der Waals surface area contributed by atoms with Crippen LogP contribution in [0.25, 0.3) is 10.1 Å². The summed E-state index contributed by atoms with van der Waals surface area (Å²) in [4.78, 5) is 16.8. The zero-order valence-electron chi connectivity index (χ0n) is 12.5. The molecule has 110 valence electrons. The molecule has 22 heavy (non-hydrogen) atoms. The highest BCUT2D eigenvalue weighted by atomic mass is 32.1. The van der Waals surface area contributed by atoms with Gasteiger partial charge in [-0.15, -0.1) is 11.3 Å². The second-order valence-corrected chi connectivity index (χ2v) is 5.87. The molecule has 1 aromatic carbocycles. The molecular weight excluding hydrogens is 292 g/mol. The molecule has 4 heteroatoms. The Morgan fingerprint density at radius 2 is 2.09 bits per heavy atom. The predicted octanol–water partition coefficient (Wildman–Crippen LogP) is 4.42. The zero-order chi connectivity index (χ0) is 15.5. The van der Waals surface area contributed by atoms with Gasteiger partial charge in [-0.3, -0.25) is 9.69 Å². The van der Waals surface area contributed by atoms with E-state index in [-0.39, 0.29) is 5.91 Å². The van der Waals surface area contributed by atoms with Gasteiger partial charge in [0.15, 0.2) is 0 Å². The molecule has 0 fully saturated rings. The third-order valence-electron chi connectivity index (χ3n) is 3.52. The number of nitrogens with zero attached hydrogens (tertiary/aromatic N) is 2. The Hall–Kier alpha value is -2.46. The second-order valence-electron chi connectivity index (χ2n) is 4.93. The van der Waals surface area contributed by atoms with Gasteiger partial charge in [0.1, 0.15) is 11.5 Å². The van der Waals surface area contributed by atoms with Gasteiger partial charge in [-0.2, -0.15) is 4.99 Å². The molecule has 2 aromatic rings. The van der Waals surface area contributed by atoms with E-state index in [1.807, 2.05) is 31.4 Å². The average Bonchev–Trinajstić information content (AvgIpc) is 3.11. The molecule has 1 amide bonds. The first-order valence-corrected chi connectivity index (χ1v) is 7.95. The maximum absolute atomic E-state index is 11.2. The molecule has 3 heterocycles. The number of allylic oxidation sites excluding steroid dienone is 3. The van der Waals surface area contributed by atoms with Crippen molar-refractivity contribution in [3.05, 3.63) is 71.4 Å². The number of amidine groups is 1. The molecule has 0 saturated heterocycles. The van der Waals surface area contributed by atoms with E-state index in [0.29, 0.717) is 11.5 Å². The zero-order valence-corrected chi connectivity index (χ0v) is 13.3. The summed E-state index contributed by atoms with van der Waals surface area (Å²) in [5.41, 5.74) is 2.00. The van der Waals surface area contributed by atoms with Crippen LogP contribution in [0.1, 0.15) is 12.5 Å². The summed E-state index contributed by atoms with van der Waals surface area (Å²) in [6, 6.07) is 8.59. The summed E-state index contributed by atoms with van der Waals surface area (Å²) in [5, 5.41) is 3.53. The van der Waals surface area contributed by atoms with Crippen LogP contribution >= 0.6 is 11.3 Å². The molecule has 0 bridgehead atoms. The van der Waals surface area contributed by atoms with Gasteiger partial charge in [-0.1, -0.05) is 24.3 Å². The molecule has 0 aliphatic carbocycles. The number of thiophene rings is 1. The van der Waals surface area contributed by atoms with Gasteiger partial charge < -0.3 is 0 Å². The fourth-order valence-electron chi connectivity index (χ4n) is 2.40. The molecule has 1 aromatic heterocycles. The molecule has 0 N–H and O–H groups in total. The van der Waals surface area contributed by atoms with Crippen LogP contribution in [0.5, 0.6) is 0 Å². The van der Waals surface area contributed by atoms with Crippen LogP contribution in [0.3, 0.4) is 0 Å². The molecule has 3 nitrogen and oxygen atoms in total. The van der Waals surface area contributed by atoms with E-state index in [0.717, 1.165) is 0 Å². The van der Waals surface area contributed by atoms with Crippen LogP contribution in [0.2, 0.25) is 0 Å². The molecule has 2 aliphatic heterocycles. The predicted molar refractivity (Wildman–Crippen MR) is 92.9 cm³/mol. The lowest BCUT2D eigenvalue weighted by atomic mass is 10.2. The summed E-state index contributed by atoms with van der Waals surface area (Å²) in [6.45, 7) is 3.98. The SMILES string of the molecule is C/C=C1/C(=O)N=C2C=CC=CN21.Cc1cccc2sccc12. The molecule has 0 atom stereocenters. The Balaban J connectivity index is 0.000000133. The number of rotatable bonds is 0. The quantitative estimate of drug-likeness (QED) is 0.675. The first-order chi connectivity index (χ1) is 10.7. The van der Waals surface area contributed by atoms with Crippen molar-refractivity contribution >= 4 is 33.2 Å². The van der Waals surface area contributed by atoms with Crippen molar-refractivity contribution in [2.75, 3.05) is 0 Å². The van der Waals surface area contributed by atoms with Crippen molar-refractivity contribution in [2.24, 2.45) is 4.99 Å². The van der Waals surface area contributed by atoms with Crippen molar-refractivity contribution in [1.29, 1.82) is 0 Å². The summed E-state index contributed by atoms with van der Waals surface area (Å²) in [6.07, 6.45) is 9.15. The number of hydrogen-bond acceptors (Lipinski definition) is 3. The average molecular weight is 308 g/mol. The Morgan fingerprint density at radius 1 is 1.23 bits per heavy atom. The van der Waals surface area contributed by atoms with Crippen LogP contribution in [-0.2, 0) is 4.79 Å². The Labute approximate surface area is 133 Å². The van der Waals surface area contributed by atoms with E-state index in [4.69, 9.17) is 0 Å². The van der Waals surface area contributed by atoms with Gasteiger partial charge >= 0.3 is 0 Å². The highest BCUT2D eigenvalue weighted by Gasteiger charge is 2.26. The van der Waals surface area contributed by atoms with E-state index in [1.165, 1.54) is 15.6 Å². The number of fused-ring (bicyclic) bond motifs is 2. The van der Waals surface area contributed by atoms with E-state index < -0.39 is 0 Å². The first kappa shape index (κ1) is 14.5. The number of amides is 1. The third kappa shape index (κ3) is 2.65. The molecule has 0 saturated carbocycles. The van der Waals surface area contributed by atoms with Crippen LogP contribution in [-0.4, -0.2) is 16.6 Å². The van der Waals surface area contributed by atoms with Crippen molar-refractivity contribution in [2.45, 2.75) is 13.8 Å². The topological polar surface area (TPSA) is 32.7 Å². The molecular formula is C18H16N2OS. The maximum Gasteiger partial charge on any atom is 0.295 e. The number of benzene rings is 1. The number of hydrogen-bond donors (Lipinski definition) is 0. The summed E-state index contributed by atoms with van der Waals surface area (Å²) < 4.78 is 1.39. The highest BCUT2D eigenvalue weighted by molar-refractivity contribution is 7.17. The third-order valence-corrected chi connectivity index (χ3v) is 4.40. The number of carbonyl (C=O) groups is 1. The fraction of sp³-hybridized carbons (Fsp3) is 0.111. The Kier molecular flexibility index (Phi) is 4.02. The van der Waals surface area contributed by atoms with Crippen LogP contribution in [0.4, 0.5) is 0 Å². The Bertz CT molecular complexity index is 840. The van der Waals surface area contributed by atoms with Crippen molar-refractivity contribution in [3.8, 4) is 0 Å². The molecule has 0 unspecified atom stereocenters. The van der Waals surface area contributed by atoms with E-state index >= 15 is 0 Å². The van der Waals surface area contributed by atoms with Crippen LogP contribution in [0, 0.1) is 6.92 Å². The lowest BCUT2D eigenvalue weighted by molar-refractivity contribution is -0.114. The molecule has 4 rings (SSSR count). The minimum atomic E-state index is -0.163. The monoisotopic (exact) mass is 308 g/mol. The number of aliphatic imine (C=N–C) groups is 1. The van der Waals surface area contributed by atoms with Gasteiger partial charge in [-0.25, -0.2) is 0 Å². The van der Waals surface area contributed by atoms with Gasteiger partial charge in [-0.05, 0) is 54.5 Å². The lowest BCUT2D eigenvalue weighted by Gasteiger charge is -2.15. The minimum Gasteiger partial charge on any atom is -0.297 e. The fourth-order valence-corrected chi connectivity index (χ4v) is 3.27. The Morgan fingerprint density at radius 3 is 2.86 bits per heavy atom. The number of aryl methyl sites for hydroxylation is 1. The van der Waals surface area contributed by atoms with E-state index in [9.17, 15) is 4.79 Å². The molecule has 0 spiro atoms. The number of carbonyl (C=O) groups excluding carboxylic acids is 1. The van der Waals surface area contributed by atoms with Crippen LogP contribution in [0.15, 0.2) is 70.8 Å². The van der Waals surface area contributed by atoms with Gasteiger partial charge in [0.2, 0.25) is 0 Å². The molecule has 0 radical (unpaired) electrons. The normalized spacial score (nSPS) is 17.5. The summed E-state index contributed by atoms with van der Waals surface area (Å²) in [7, 11) is 0. The second kappa shape index (κ2) is 6.12. The maximum atomic E-state index is 11.2. The summed E-state index contributed by atoms with van der Waals surface area (Å²) in [5.74, 6) is 0.541. The van der Waals surface area contributed by atoms with Crippen molar-refractivity contribution in [1.82, 2.24) is 4.90 Å². The van der Waals surface area contributed by atoms with E-state index in [1.54, 1.807) is 22.3 Å². The van der Waals surface area contributed by atoms with Gasteiger partial charge in [0, 0.05) is 10.9 Å². The van der Waals surface area contributed by atoms with Crippen LogP contribution < -0.4 is 0 Å². The minimum absolute atomic E-state index is 0.163. The van der Waals surface area contributed by atoms with Gasteiger partial charge in [0.25, 0.3) is 5.91 Å². The largest absolute Gasteiger partial charge is 0.297 e. The lowest BCUT2D eigenvalue weighted by Crippen LogP contribution is -2.20. The molecule has 2 aliphatic rings. The van der Waals surface area contributed by atoms with Gasteiger partial charge in [0.05, 0.1) is 0 Å². The highest BCUT2D eigenvalue weighted by Crippen LogP contribution is 2.23. The first-order valence-electron chi connectivity index (χ1n) is 7.07. The van der Waals surface area contributed by atoms with Crippen molar-refractivity contribution in [3.63, 3.8) is 0 Å². The van der Waals surface area contributed by atoms with Crippen molar-refractivity contribution < 1.29 is 4.79 Å².